The Balaban J connectivity index is 2.04. The zero-order chi connectivity index (χ0) is 12.3. The second kappa shape index (κ2) is 5.39. The van der Waals surface area contributed by atoms with E-state index < -0.39 is 5.82 Å². The first-order valence-corrected chi connectivity index (χ1v) is 6.17. The fourth-order valence-electron chi connectivity index (χ4n) is 1.10. The number of benzene rings is 1. The van der Waals surface area contributed by atoms with Crippen LogP contribution in [0.4, 0.5) is 9.52 Å². The summed E-state index contributed by atoms with van der Waals surface area (Å²) in [5.41, 5.74) is 2.37. The van der Waals surface area contributed by atoms with Crippen LogP contribution in [0.5, 0.6) is 5.75 Å². The summed E-state index contributed by atoms with van der Waals surface area (Å²) in [5, 5.41) is 8.65. The van der Waals surface area contributed by atoms with Gasteiger partial charge in [0.15, 0.2) is 16.6 Å². The number of nitrogens with zero attached hydrogens (tertiary/aromatic N) is 2. The molecule has 1 aromatic heterocycles. The lowest BCUT2D eigenvalue weighted by atomic mass is 10.3. The van der Waals surface area contributed by atoms with Crippen molar-refractivity contribution in [2.24, 2.45) is 5.84 Å². The highest BCUT2D eigenvalue weighted by atomic mass is 79.9. The Hall–Kier alpha value is -1.25. The Morgan fingerprint density at radius 2 is 2.29 bits per heavy atom. The molecule has 2 aromatic rings. The van der Waals surface area contributed by atoms with Crippen LogP contribution in [0.15, 0.2) is 22.7 Å². The molecule has 0 unspecified atom stereocenters. The van der Waals surface area contributed by atoms with Crippen molar-refractivity contribution in [1.29, 1.82) is 0 Å². The molecule has 0 amide bonds. The lowest BCUT2D eigenvalue weighted by Crippen LogP contribution is -2.05. The molecule has 90 valence electrons. The molecular formula is C9H8BrFN4OS. The predicted molar refractivity (Wildman–Crippen MR) is 66.2 cm³/mol. The number of nitrogens with one attached hydrogen (secondary N) is 1. The van der Waals surface area contributed by atoms with Crippen molar-refractivity contribution in [2.75, 3.05) is 5.43 Å². The molecule has 0 saturated carbocycles. The first-order valence-electron chi connectivity index (χ1n) is 4.56. The van der Waals surface area contributed by atoms with Crippen LogP contribution >= 0.6 is 27.3 Å². The first kappa shape index (κ1) is 12.2. The number of nitrogen functional groups attached to an aromatic ring is 1. The molecule has 8 heteroatoms. The zero-order valence-electron chi connectivity index (χ0n) is 8.48. The van der Waals surface area contributed by atoms with Crippen LogP contribution < -0.4 is 16.0 Å². The van der Waals surface area contributed by atoms with E-state index in [4.69, 9.17) is 10.6 Å². The quantitative estimate of drug-likeness (QED) is 0.668. The van der Waals surface area contributed by atoms with E-state index in [0.29, 0.717) is 10.1 Å². The minimum Gasteiger partial charge on any atom is -0.483 e. The SMILES string of the molecule is NNc1nnc(COc2cc(Br)ccc2F)s1. The normalized spacial score (nSPS) is 10.3. The van der Waals surface area contributed by atoms with Gasteiger partial charge in [0, 0.05) is 4.47 Å². The average Bonchev–Trinajstić information content (AvgIpc) is 2.78. The molecule has 0 atom stereocenters. The maximum absolute atomic E-state index is 13.3. The van der Waals surface area contributed by atoms with Gasteiger partial charge in [0.25, 0.3) is 0 Å². The Morgan fingerprint density at radius 1 is 1.47 bits per heavy atom. The van der Waals surface area contributed by atoms with Crippen LogP contribution in [0.3, 0.4) is 0 Å². The molecule has 17 heavy (non-hydrogen) atoms. The standard InChI is InChI=1S/C9H8BrFN4OS/c10-5-1-2-6(11)7(3-5)16-4-8-14-15-9(13-12)17-8/h1-3H,4,12H2,(H,13,15). The van der Waals surface area contributed by atoms with E-state index in [0.717, 1.165) is 4.47 Å². The summed E-state index contributed by atoms with van der Waals surface area (Å²) in [6, 6.07) is 4.48. The van der Waals surface area contributed by atoms with Gasteiger partial charge in [-0.05, 0) is 18.2 Å². The third kappa shape index (κ3) is 3.11. The van der Waals surface area contributed by atoms with Crippen molar-refractivity contribution in [1.82, 2.24) is 10.2 Å². The molecule has 0 aliphatic carbocycles. The molecule has 0 radical (unpaired) electrons. The van der Waals surface area contributed by atoms with Crippen molar-refractivity contribution >= 4 is 32.4 Å². The number of nitrogens with two attached hydrogens (primary N) is 1. The zero-order valence-corrected chi connectivity index (χ0v) is 10.9. The monoisotopic (exact) mass is 318 g/mol. The maximum atomic E-state index is 13.3. The summed E-state index contributed by atoms with van der Waals surface area (Å²) in [6.45, 7) is 0.146. The van der Waals surface area contributed by atoms with Crippen LogP contribution in [0, 0.1) is 5.82 Å². The summed E-state index contributed by atoms with van der Waals surface area (Å²) in [5.74, 6) is 4.91. The summed E-state index contributed by atoms with van der Waals surface area (Å²) < 4.78 is 19.4. The van der Waals surface area contributed by atoms with Crippen molar-refractivity contribution in [3.8, 4) is 5.75 Å². The number of anilines is 1. The second-order valence-corrected chi connectivity index (χ2v) is 4.99. The van der Waals surface area contributed by atoms with Gasteiger partial charge < -0.3 is 4.74 Å². The van der Waals surface area contributed by atoms with Gasteiger partial charge in [-0.1, -0.05) is 27.3 Å². The van der Waals surface area contributed by atoms with Crippen molar-refractivity contribution in [3.63, 3.8) is 0 Å². The Kier molecular flexibility index (Phi) is 3.87. The maximum Gasteiger partial charge on any atom is 0.219 e. The first-order chi connectivity index (χ1) is 8.19. The largest absolute Gasteiger partial charge is 0.483 e. The van der Waals surface area contributed by atoms with E-state index >= 15 is 0 Å². The lowest BCUT2D eigenvalue weighted by Gasteiger charge is -2.05. The molecule has 0 fully saturated rings. The number of aromatic nitrogens is 2. The van der Waals surface area contributed by atoms with Gasteiger partial charge in [0.05, 0.1) is 0 Å². The smallest absolute Gasteiger partial charge is 0.219 e. The van der Waals surface area contributed by atoms with Gasteiger partial charge in [-0.25, -0.2) is 10.2 Å². The molecule has 0 bridgehead atoms. The fourth-order valence-corrected chi connectivity index (χ4v) is 2.00. The summed E-state index contributed by atoms with van der Waals surface area (Å²) in [7, 11) is 0. The number of rotatable bonds is 4. The van der Waals surface area contributed by atoms with Crippen molar-refractivity contribution in [3.05, 3.63) is 33.5 Å². The highest BCUT2D eigenvalue weighted by Crippen LogP contribution is 2.24. The third-order valence-electron chi connectivity index (χ3n) is 1.83. The number of hydrazine groups is 1. The minimum atomic E-state index is -0.421. The topological polar surface area (TPSA) is 73.1 Å². The predicted octanol–water partition coefficient (Wildman–Crippen LogP) is 2.30. The van der Waals surface area contributed by atoms with Crippen LogP contribution in [-0.4, -0.2) is 10.2 Å². The van der Waals surface area contributed by atoms with Gasteiger partial charge >= 0.3 is 0 Å². The van der Waals surface area contributed by atoms with Crippen LogP contribution in [-0.2, 0) is 6.61 Å². The number of halogens is 2. The number of ether oxygens (including phenoxy) is 1. The number of hydrogen-bond acceptors (Lipinski definition) is 6. The second-order valence-electron chi connectivity index (χ2n) is 3.01. The Morgan fingerprint density at radius 3 is 3.00 bits per heavy atom. The van der Waals surface area contributed by atoms with Gasteiger partial charge in [0.1, 0.15) is 6.61 Å². The summed E-state index contributed by atoms with van der Waals surface area (Å²) in [6.07, 6.45) is 0. The van der Waals surface area contributed by atoms with E-state index in [9.17, 15) is 4.39 Å². The Labute approximate surface area is 109 Å². The molecule has 0 aliphatic rings. The van der Waals surface area contributed by atoms with E-state index in [-0.39, 0.29) is 12.4 Å². The Bertz CT molecular complexity index is 521. The fraction of sp³-hybridized carbons (Fsp3) is 0.111. The minimum absolute atomic E-state index is 0.146. The number of hydrogen-bond donors (Lipinski definition) is 2. The van der Waals surface area contributed by atoms with E-state index in [1.165, 1.54) is 17.4 Å². The van der Waals surface area contributed by atoms with E-state index in [1.807, 2.05) is 0 Å². The molecule has 1 heterocycles. The molecular weight excluding hydrogens is 311 g/mol. The molecule has 0 spiro atoms. The summed E-state index contributed by atoms with van der Waals surface area (Å²) in [4.78, 5) is 0. The van der Waals surface area contributed by atoms with Crippen LogP contribution in [0.2, 0.25) is 0 Å². The highest BCUT2D eigenvalue weighted by Gasteiger charge is 2.07. The van der Waals surface area contributed by atoms with Crippen LogP contribution in [0.25, 0.3) is 0 Å². The van der Waals surface area contributed by atoms with Gasteiger partial charge in [-0.3, -0.25) is 5.43 Å². The molecule has 5 nitrogen and oxygen atoms in total. The highest BCUT2D eigenvalue weighted by molar-refractivity contribution is 9.10. The molecule has 3 N–H and O–H groups in total. The van der Waals surface area contributed by atoms with Crippen molar-refractivity contribution < 1.29 is 9.13 Å². The van der Waals surface area contributed by atoms with E-state index in [1.54, 1.807) is 12.1 Å². The van der Waals surface area contributed by atoms with Gasteiger partial charge in [-0.15, -0.1) is 10.2 Å². The van der Waals surface area contributed by atoms with Crippen LogP contribution in [0.1, 0.15) is 5.01 Å². The van der Waals surface area contributed by atoms with Crippen molar-refractivity contribution in [2.45, 2.75) is 6.61 Å². The van der Waals surface area contributed by atoms with E-state index in [2.05, 4.69) is 31.6 Å². The van der Waals surface area contributed by atoms with Gasteiger partial charge in [-0.2, -0.15) is 0 Å². The summed E-state index contributed by atoms with van der Waals surface area (Å²) >= 11 is 4.48. The molecule has 2 rings (SSSR count). The average molecular weight is 319 g/mol. The third-order valence-corrected chi connectivity index (χ3v) is 3.16. The molecule has 1 aromatic carbocycles. The molecule has 0 aliphatic heterocycles. The molecule has 0 saturated heterocycles. The lowest BCUT2D eigenvalue weighted by molar-refractivity contribution is 0.288. The van der Waals surface area contributed by atoms with Gasteiger partial charge in [0.2, 0.25) is 5.13 Å².